The molecule has 0 aliphatic heterocycles. The van der Waals surface area contributed by atoms with E-state index in [1.807, 2.05) is 6.07 Å². The quantitative estimate of drug-likeness (QED) is 0.574. The van der Waals surface area contributed by atoms with Gasteiger partial charge in [0.25, 0.3) is 0 Å². The molecular weight excluding hydrogens is 347 g/mol. The highest BCUT2D eigenvalue weighted by Crippen LogP contribution is 2.38. The van der Waals surface area contributed by atoms with Crippen LogP contribution in [0.5, 0.6) is 5.75 Å². The Hall–Kier alpha value is 0.0800. The van der Waals surface area contributed by atoms with Crippen molar-refractivity contribution in [3.63, 3.8) is 0 Å². The van der Waals surface area contributed by atoms with E-state index in [2.05, 4.69) is 22.9 Å². The van der Waals surface area contributed by atoms with Crippen molar-refractivity contribution in [2.75, 3.05) is 0 Å². The van der Waals surface area contributed by atoms with Gasteiger partial charge >= 0.3 is 0 Å². The van der Waals surface area contributed by atoms with Gasteiger partial charge in [0.15, 0.2) is 0 Å². The second-order valence-corrected chi connectivity index (χ2v) is 6.52. The van der Waals surface area contributed by atoms with Crippen LogP contribution in [0.4, 0.5) is 0 Å². The Kier molecular flexibility index (Phi) is 5.86. The molecule has 4 heteroatoms. The smallest absolute Gasteiger partial charge is 0.142 e. The van der Waals surface area contributed by atoms with E-state index in [0.29, 0.717) is 21.3 Å². The molecule has 1 saturated carbocycles. The van der Waals surface area contributed by atoms with Gasteiger partial charge in [0.05, 0.1) is 5.02 Å². The van der Waals surface area contributed by atoms with Crippen LogP contribution < -0.4 is 4.74 Å². The highest BCUT2D eigenvalue weighted by atomic mass is 79.9. The summed E-state index contributed by atoms with van der Waals surface area (Å²) < 4.78 is 6.25. The third-order valence-electron chi connectivity index (χ3n) is 3.86. The predicted octanol–water partition coefficient (Wildman–Crippen LogP) is 6.24. The van der Waals surface area contributed by atoms with Crippen LogP contribution in [0.15, 0.2) is 12.1 Å². The van der Waals surface area contributed by atoms with E-state index in [4.69, 9.17) is 27.9 Å². The van der Waals surface area contributed by atoms with Gasteiger partial charge in [-0.15, -0.1) is 0 Å². The Labute approximate surface area is 133 Å². The molecule has 2 rings (SSSR count). The van der Waals surface area contributed by atoms with E-state index >= 15 is 0 Å². The molecule has 1 aliphatic rings. The molecule has 0 spiro atoms. The lowest BCUT2D eigenvalue weighted by Crippen LogP contribution is -2.30. The monoisotopic (exact) mass is 364 g/mol. The molecule has 0 bridgehead atoms. The Balaban J connectivity index is 2.22. The minimum absolute atomic E-state index is 0.287. The molecule has 1 aromatic rings. The molecule has 19 heavy (non-hydrogen) atoms. The summed E-state index contributed by atoms with van der Waals surface area (Å²) in [4.78, 5) is 0. The molecule has 1 aliphatic carbocycles. The number of alkyl halides is 1. The van der Waals surface area contributed by atoms with Crippen LogP contribution in [0, 0.1) is 5.92 Å². The fourth-order valence-electron chi connectivity index (χ4n) is 2.79. The van der Waals surface area contributed by atoms with Gasteiger partial charge in [-0.1, -0.05) is 52.5 Å². The lowest BCUT2D eigenvalue weighted by atomic mass is 9.84. The largest absolute Gasteiger partial charge is 0.488 e. The van der Waals surface area contributed by atoms with Gasteiger partial charge in [-0.25, -0.2) is 0 Å². The summed E-state index contributed by atoms with van der Waals surface area (Å²) in [5.74, 6) is 1.44. The minimum atomic E-state index is 0.287. The summed E-state index contributed by atoms with van der Waals surface area (Å²) in [5.41, 5.74) is 1.03. The summed E-state index contributed by atoms with van der Waals surface area (Å²) in [6, 6.07) is 3.68. The van der Waals surface area contributed by atoms with Crippen molar-refractivity contribution in [1.29, 1.82) is 0 Å². The first-order chi connectivity index (χ1) is 9.15. The molecule has 106 valence electrons. The van der Waals surface area contributed by atoms with Crippen LogP contribution >= 0.6 is 39.1 Å². The number of rotatable bonds is 4. The molecular formula is C15H19BrCl2O. The maximum absolute atomic E-state index is 6.29. The molecule has 1 aromatic carbocycles. The molecule has 2 unspecified atom stereocenters. The molecule has 1 fully saturated rings. The molecule has 0 radical (unpaired) electrons. The first-order valence-electron chi connectivity index (χ1n) is 6.86. The average molecular weight is 366 g/mol. The third kappa shape index (κ3) is 3.80. The van der Waals surface area contributed by atoms with Gasteiger partial charge in [-0.3, -0.25) is 0 Å². The van der Waals surface area contributed by atoms with Crippen LogP contribution in [-0.2, 0) is 5.33 Å². The van der Waals surface area contributed by atoms with E-state index in [1.165, 1.54) is 25.7 Å². The minimum Gasteiger partial charge on any atom is -0.488 e. The lowest BCUT2D eigenvalue weighted by molar-refractivity contribution is 0.0897. The van der Waals surface area contributed by atoms with Gasteiger partial charge in [0, 0.05) is 15.9 Å². The van der Waals surface area contributed by atoms with Gasteiger partial charge in [0.1, 0.15) is 11.9 Å². The molecule has 0 saturated heterocycles. The SMILES string of the molecule is CCC1CCCCC1Oc1c(Cl)cc(Cl)cc1CBr. The molecule has 0 heterocycles. The average Bonchev–Trinajstić information content (AvgIpc) is 2.42. The van der Waals surface area contributed by atoms with Crippen LogP contribution in [0.2, 0.25) is 10.0 Å². The van der Waals surface area contributed by atoms with Crippen molar-refractivity contribution >= 4 is 39.1 Å². The second-order valence-electron chi connectivity index (χ2n) is 5.12. The number of hydrogen-bond acceptors (Lipinski definition) is 1. The summed E-state index contributed by atoms with van der Waals surface area (Å²) in [5, 5.41) is 1.97. The maximum Gasteiger partial charge on any atom is 0.142 e. The van der Waals surface area contributed by atoms with Crippen molar-refractivity contribution in [2.45, 2.75) is 50.5 Å². The zero-order chi connectivity index (χ0) is 13.8. The highest BCUT2D eigenvalue weighted by Gasteiger charge is 2.26. The summed E-state index contributed by atoms with van der Waals surface area (Å²) in [6.07, 6.45) is 6.40. The molecule has 0 aromatic heterocycles. The van der Waals surface area contributed by atoms with Crippen molar-refractivity contribution in [3.05, 3.63) is 27.7 Å². The Morgan fingerprint density at radius 2 is 2.00 bits per heavy atom. The van der Waals surface area contributed by atoms with E-state index in [1.54, 1.807) is 6.07 Å². The number of halogens is 3. The van der Waals surface area contributed by atoms with E-state index < -0.39 is 0 Å². The van der Waals surface area contributed by atoms with Gasteiger partial charge in [-0.05, 0) is 43.7 Å². The van der Waals surface area contributed by atoms with Crippen LogP contribution in [0.3, 0.4) is 0 Å². The van der Waals surface area contributed by atoms with E-state index in [-0.39, 0.29) is 6.10 Å². The summed E-state index contributed by atoms with van der Waals surface area (Å²) in [6.45, 7) is 2.24. The van der Waals surface area contributed by atoms with Gasteiger partial charge < -0.3 is 4.74 Å². The van der Waals surface area contributed by atoms with Crippen molar-refractivity contribution in [1.82, 2.24) is 0 Å². The predicted molar refractivity (Wildman–Crippen MR) is 85.8 cm³/mol. The Bertz CT molecular complexity index is 436. The number of benzene rings is 1. The van der Waals surface area contributed by atoms with E-state index in [9.17, 15) is 0 Å². The van der Waals surface area contributed by atoms with Gasteiger partial charge in [-0.2, -0.15) is 0 Å². The fraction of sp³-hybridized carbons (Fsp3) is 0.600. The van der Waals surface area contributed by atoms with Crippen LogP contribution in [-0.4, -0.2) is 6.10 Å². The fourth-order valence-corrected chi connectivity index (χ4v) is 3.79. The summed E-state index contributed by atoms with van der Waals surface area (Å²) >= 11 is 15.8. The Morgan fingerprint density at radius 1 is 1.26 bits per heavy atom. The van der Waals surface area contributed by atoms with Crippen LogP contribution in [0.1, 0.15) is 44.6 Å². The van der Waals surface area contributed by atoms with Crippen molar-refractivity contribution in [2.24, 2.45) is 5.92 Å². The molecule has 1 nitrogen and oxygen atoms in total. The van der Waals surface area contributed by atoms with Gasteiger partial charge in [0.2, 0.25) is 0 Å². The highest BCUT2D eigenvalue weighted by molar-refractivity contribution is 9.08. The topological polar surface area (TPSA) is 9.23 Å². The first kappa shape index (κ1) is 15.5. The number of ether oxygens (including phenoxy) is 1. The zero-order valence-corrected chi connectivity index (χ0v) is 14.2. The second kappa shape index (κ2) is 7.19. The standard InChI is InChI=1S/C15H19BrCl2O/c1-2-10-5-3-4-6-14(10)19-15-11(9-16)7-12(17)8-13(15)18/h7-8,10,14H,2-6,9H2,1H3. The normalized spacial score (nSPS) is 23.4. The maximum atomic E-state index is 6.29. The van der Waals surface area contributed by atoms with Crippen molar-refractivity contribution < 1.29 is 4.74 Å². The number of hydrogen-bond donors (Lipinski definition) is 0. The van der Waals surface area contributed by atoms with Crippen molar-refractivity contribution in [3.8, 4) is 5.75 Å². The molecule has 2 atom stereocenters. The lowest BCUT2D eigenvalue weighted by Gasteiger charge is -2.32. The molecule has 0 amide bonds. The summed E-state index contributed by atoms with van der Waals surface area (Å²) in [7, 11) is 0. The molecule has 0 N–H and O–H groups in total. The first-order valence-corrected chi connectivity index (χ1v) is 8.74. The van der Waals surface area contributed by atoms with Crippen LogP contribution in [0.25, 0.3) is 0 Å². The van der Waals surface area contributed by atoms with E-state index in [0.717, 1.165) is 17.7 Å². The Morgan fingerprint density at radius 3 is 2.68 bits per heavy atom. The zero-order valence-electron chi connectivity index (χ0n) is 11.1. The third-order valence-corrected chi connectivity index (χ3v) is 4.97.